The molecule has 3 rings (SSSR count). The van der Waals surface area contributed by atoms with Crippen molar-refractivity contribution < 1.29 is 26.3 Å². The minimum atomic E-state index is -4.86. The van der Waals surface area contributed by atoms with Crippen molar-refractivity contribution >= 4 is 0 Å². The summed E-state index contributed by atoms with van der Waals surface area (Å²) in [6.45, 7) is 2.96. The lowest BCUT2D eigenvalue weighted by Gasteiger charge is -2.46. The minimum absolute atomic E-state index is 0.338. The molecule has 0 radical (unpaired) electrons. The molecule has 0 saturated heterocycles. The third kappa shape index (κ3) is 5.85. The summed E-state index contributed by atoms with van der Waals surface area (Å²) < 4.78 is 78.6. The van der Waals surface area contributed by atoms with Gasteiger partial charge in [-0.1, -0.05) is 61.5 Å². The third-order valence-electron chi connectivity index (χ3n) is 6.72. The van der Waals surface area contributed by atoms with Crippen molar-refractivity contribution in [2.45, 2.75) is 63.5 Å². The number of hydrogen-bond donors (Lipinski definition) is 0. The van der Waals surface area contributed by atoms with Crippen LogP contribution in [0.5, 0.6) is 0 Å². The molecule has 2 aromatic rings. The molecule has 0 aromatic heterocycles. The summed E-state index contributed by atoms with van der Waals surface area (Å²) in [6, 6.07) is 17.2. The van der Waals surface area contributed by atoms with Gasteiger partial charge in [0.05, 0.1) is 11.8 Å². The van der Waals surface area contributed by atoms with E-state index in [2.05, 4.69) is 31.0 Å². The summed E-state index contributed by atoms with van der Waals surface area (Å²) in [5, 5.41) is 0. The van der Waals surface area contributed by atoms with Gasteiger partial charge in [0.1, 0.15) is 0 Å². The summed E-state index contributed by atoms with van der Waals surface area (Å²) in [4.78, 5) is 2.29. The monoisotopic (exact) mass is 457 g/mol. The van der Waals surface area contributed by atoms with E-state index in [9.17, 15) is 26.3 Å². The predicted molar refractivity (Wildman–Crippen MR) is 113 cm³/mol. The average molecular weight is 458 g/mol. The van der Waals surface area contributed by atoms with Crippen LogP contribution in [0.3, 0.4) is 0 Å². The number of halogens is 6. The highest BCUT2D eigenvalue weighted by atomic mass is 19.4. The summed E-state index contributed by atoms with van der Waals surface area (Å²) >= 11 is 0. The highest BCUT2D eigenvalue weighted by molar-refractivity contribution is 5.29. The molecule has 176 valence electrons. The van der Waals surface area contributed by atoms with Crippen LogP contribution in [0.1, 0.15) is 48.8 Å². The Labute approximate surface area is 185 Å². The molecule has 0 amide bonds. The second kappa shape index (κ2) is 9.86. The maximum atomic E-state index is 13.3. The van der Waals surface area contributed by atoms with E-state index in [0.29, 0.717) is 11.6 Å². The van der Waals surface area contributed by atoms with Gasteiger partial charge >= 0.3 is 12.4 Å². The van der Waals surface area contributed by atoms with Crippen LogP contribution < -0.4 is 0 Å². The maximum Gasteiger partial charge on any atom is 0.393 e. The zero-order valence-corrected chi connectivity index (χ0v) is 18.3. The Morgan fingerprint density at radius 1 is 0.875 bits per heavy atom. The standard InChI is InChI=1S/C25H29F6N/c1-3-20(32(2)16-18-7-5-4-6-8-18)14-11-17-9-12-19(13-10-17)21-15-22(24(26,27)28)23(21)25(29,30)31/h4-10,12-13,20-23H,3,11,14-16H2,1-2H3. The van der Waals surface area contributed by atoms with Crippen LogP contribution in [-0.2, 0) is 13.0 Å². The Morgan fingerprint density at radius 2 is 1.50 bits per heavy atom. The number of hydrogen-bond acceptors (Lipinski definition) is 1. The lowest BCUT2D eigenvalue weighted by Crippen LogP contribution is -2.51. The number of rotatable bonds is 8. The first kappa shape index (κ1) is 24.6. The van der Waals surface area contributed by atoms with Crippen molar-refractivity contribution in [1.29, 1.82) is 0 Å². The van der Waals surface area contributed by atoms with Gasteiger partial charge in [-0.15, -0.1) is 0 Å². The molecule has 0 spiro atoms. The first-order valence-corrected chi connectivity index (χ1v) is 11.0. The topological polar surface area (TPSA) is 3.24 Å². The fourth-order valence-corrected chi connectivity index (χ4v) is 4.79. The summed E-state index contributed by atoms with van der Waals surface area (Å²) in [6.07, 6.45) is -7.57. The van der Waals surface area contributed by atoms with Crippen molar-refractivity contribution in [3.05, 3.63) is 71.3 Å². The van der Waals surface area contributed by atoms with Crippen LogP contribution in [0.15, 0.2) is 54.6 Å². The first-order valence-electron chi connectivity index (χ1n) is 11.0. The molecule has 4 unspecified atom stereocenters. The van der Waals surface area contributed by atoms with Crippen LogP contribution >= 0.6 is 0 Å². The first-order chi connectivity index (χ1) is 15.0. The smallest absolute Gasteiger partial charge is 0.299 e. The van der Waals surface area contributed by atoms with E-state index in [1.54, 1.807) is 24.3 Å². The largest absolute Gasteiger partial charge is 0.393 e. The number of benzene rings is 2. The highest BCUT2D eigenvalue weighted by Crippen LogP contribution is 2.59. The van der Waals surface area contributed by atoms with Gasteiger partial charge in [0.2, 0.25) is 0 Å². The molecule has 1 nitrogen and oxygen atoms in total. The molecule has 0 N–H and O–H groups in total. The van der Waals surface area contributed by atoms with Gasteiger partial charge in [0.15, 0.2) is 0 Å². The average Bonchev–Trinajstić information content (AvgIpc) is 2.67. The second-order valence-corrected chi connectivity index (χ2v) is 8.80. The summed E-state index contributed by atoms with van der Waals surface area (Å²) in [5.74, 6) is -5.79. The van der Waals surface area contributed by atoms with Crippen molar-refractivity contribution in [3.8, 4) is 0 Å². The maximum absolute atomic E-state index is 13.3. The third-order valence-corrected chi connectivity index (χ3v) is 6.72. The van der Waals surface area contributed by atoms with Gasteiger partial charge < -0.3 is 0 Å². The lowest BCUT2D eigenvalue weighted by atomic mass is 9.61. The number of nitrogens with zero attached hydrogens (tertiary/aromatic N) is 1. The Morgan fingerprint density at radius 3 is 2.03 bits per heavy atom. The van der Waals surface area contributed by atoms with Crippen LogP contribution in [0.4, 0.5) is 26.3 Å². The van der Waals surface area contributed by atoms with Crippen molar-refractivity contribution in [3.63, 3.8) is 0 Å². The fourth-order valence-electron chi connectivity index (χ4n) is 4.79. The van der Waals surface area contributed by atoms with Crippen LogP contribution in [0, 0.1) is 11.8 Å². The molecule has 1 fully saturated rings. The zero-order chi connectivity index (χ0) is 23.5. The van der Waals surface area contributed by atoms with Gasteiger partial charge in [0, 0.05) is 12.6 Å². The summed E-state index contributed by atoms with van der Waals surface area (Å²) in [7, 11) is 2.08. The molecule has 1 aliphatic carbocycles. The van der Waals surface area contributed by atoms with E-state index in [-0.39, 0.29) is 0 Å². The van der Waals surface area contributed by atoms with Crippen molar-refractivity contribution in [1.82, 2.24) is 4.90 Å². The van der Waals surface area contributed by atoms with Gasteiger partial charge in [-0.3, -0.25) is 4.90 Å². The van der Waals surface area contributed by atoms with E-state index in [4.69, 9.17) is 0 Å². The van der Waals surface area contributed by atoms with E-state index >= 15 is 0 Å². The normalized spacial score (nSPS) is 22.6. The van der Waals surface area contributed by atoms with Crippen LogP contribution in [0.25, 0.3) is 0 Å². The predicted octanol–water partition coefficient (Wildman–Crippen LogP) is 7.37. The van der Waals surface area contributed by atoms with Gasteiger partial charge in [-0.05, 0) is 55.3 Å². The van der Waals surface area contributed by atoms with Crippen molar-refractivity contribution in [2.75, 3.05) is 7.05 Å². The van der Waals surface area contributed by atoms with Gasteiger partial charge in [-0.25, -0.2) is 0 Å². The molecule has 4 atom stereocenters. The molecule has 7 heteroatoms. The van der Waals surface area contributed by atoms with E-state index < -0.39 is 36.5 Å². The van der Waals surface area contributed by atoms with E-state index in [1.807, 2.05) is 18.2 Å². The molecule has 0 bridgehead atoms. The molecule has 1 aliphatic rings. The lowest BCUT2D eigenvalue weighted by molar-refractivity contribution is -0.292. The Hall–Kier alpha value is -2.02. The van der Waals surface area contributed by atoms with Crippen molar-refractivity contribution in [2.24, 2.45) is 11.8 Å². The minimum Gasteiger partial charge on any atom is -0.299 e. The molecule has 1 saturated carbocycles. The highest BCUT2D eigenvalue weighted by Gasteiger charge is 2.64. The number of alkyl halides is 6. The molecule has 32 heavy (non-hydrogen) atoms. The number of aryl methyl sites for hydroxylation is 1. The summed E-state index contributed by atoms with van der Waals surface area (Å²) in [5.41, 5.74) is 2.55. The molecule has 0 heterocycles. The quantitative estimate of drug-likeness (QED) is 0.374. The Bertz CT molecular complexity index is 843. The van der Waals surface area contributed by atoms with Crippen LogP contribution in [-0.4, -0.2) is 30.3 Å². The molecule has 0 aliphatic heterocycles. The zero-order valence-electron chi connectivity index (χ0n) is 18.3. The molecular weight excluding hydrogens is 428 g/mol. The molecular formula is C25H29F6N. The fraction of sp³-hybridized carbons (Fsp3) is 0.520. The Balaban J connectivity index is 1.59. The second-order valence-electron chi connectivity index (χ2n) is 8.80. The van der Waals surface area contributed by atoms with E-state index in [1.165, 1.54) is 5.56 Å². The van der Waals surface area contributed by atoms with E-state index in [0.717, 1.165) is 31.4 Å². The Kier molecular flexibility index (Phi) is 7.58. The van der Waals surface area contributed by atoms with Crippen LogP contribution in [0.2, 0.25) is 0 Å². The molecule has 2 aromatic carbocycles. The van der Waals surface area contributed by atoms with Gasteiger partial charge in [0.25, 0.3) is 0 Å². The SMILES string of the molecule is CCC(CCc1ccc(C2CC(C(F)(F)F)C2C(F)(F)F)cc1)N(C)Cc1ccccc1. The van der Waals surface area contributed by atoms with Gasteiger partial charge in [-0.2, -0.15) is 26.3 Å².